The summed E-state index contributed by atoms with van der Waals surface area (Å²) in [6.07, 6.45) is 0. The van der Waals surface area contributed by atoms with E-state index >= 15 is 0 Å². The maximum absolute atomic E-state index is 11.8. The molecule has 0 radical (unpaired) electrons. The van der Waals surface area contributed by atoms with E-state index in [9.17, 15) is 9.59 Å². The number of hydrogen-bond acceptors (Lipinski definition) is 3. The minimum atomic E-state index is -1.25. The molecular formula is C13H17NO4. The van der Waals surface area contributed by atoms with Gasteiger partial charge in [0.05, 0.1) is 0 Å². The fourth-order valence-electron chi connectivity index (χ4n) is 1.21. The smallest absolute Gasteiger partial charge is 0.329 e. The lowest BCUT2D eigenvalue weighted by Crippen LogP contribution is -2.52. The molecule has 5 nitrogen and oxygen atoms in total. The van der Waals surface area contributed by atoms with Gasteiger partial charge in [-0.2, -0.15) is 0 Å². The van der Waals surface area contributed by atoms with Gasteiger partial charge in [0, 0.05) is 7.05 Å². The maximum atomic E-state index is 11.8. The van der Waals surface area contributed by atoms with Gasteiger partial charge in [-0.1, -0.05) is 18.2 Å². The van der Waals surface area contributed by atoms with Crippen LogP contribution >= 0.6 is 0 Å². The molecule has 0 saturated carbocycles. The molecule has 1 rings (SSSR count). The summed E-state index contributed by atoms with van der Waals surface area (Å²) in [5.74, 6) is -0.864. The monoisotopic (exact) mass is 251 g/mol. The Kier molecular flexibility index (Phi) is 4.31. The van der Waals surface area contributed by atoms with Crippen LogP contribution in [0.3, 0.4) is 0 Å². The summed E-state index contributed by atoms with van der Waals surface area (Å²) in [5, 5.41) is 9.01. The molecule has 0 bridgehead atoms. The average Bonchev–Trinajstić information content (AvgIpc) is 2.36. The first-order valence-corrected chi connectivity index (χ1v) is 5.53. The molecule has 0 unspecified atom stereocenters. The van der Waals surface area contributed by atoms with Crippen LogP contribution in [0.25, 0.3) is 0 Å². The van der Waals surface area contributed by atoms with Crippen molar-refractivity contribution in [3.63, 3.8) is 0 Å². The van der Waals surface area contributed by atoms with Crippen LogP contribution in [0, 0.1) is 0 Å². The number of carbonyl (C=O) groups is 2. The number of nitrogens with zero attached hydrogens (tertiary/aromatic N) is 1. The van der Waals surface area contributed by atoms with Crippen LogP contribution in [0.15, 0.2) is 30.3 Å². The van der Waals surface area contributed by atoms with Crippen LogP contribution in [0.4, 0.5) is 0 Å². The van der Waals surface area contributed by atoms with Crippen LogP contribution in [0.5, 0.6) is 5.75 Å². The van der Waals surface area contributed by atoms with E-state index in [0.29, 0.717) is 5.75 Å². The van der Waals surface area contributed by atoms with Gasteiger partial charge in [0.15, 0.2) is 6.61 Å². The van der Waals surface area contributed by atoms with Crippen molar-refractivity contribution < 1.29 is 19.4 Å². The molecule has 1 aromatic rings. The molecule has 0 atom stereocenters. The minimum Gasteiger partial charge on any atom is -0.484 e. The Hall–Kier alpha value is -2.04. The van der Waals surface area contributed by atoms with E-state index in [4.69, 9.17) is 9.84 Å². The van der Waals surface area contributed by atoms with E-state index in [1.165, 1.54) is 20.9 Å². The number of ether oxygens (including phenoxy) is 1. The Morgan fingerprint density at radius 1 is 1.28 bits per heavy atom. The Morgan fingerprint density at radius 3 is 2.33 bits per heavy atom. The van der Waals surface area contributed by atoms with Gasteiger partial charge >= 0.3 is 5.97 Å². The highest BCUT2D eigenvalue weighted by molar-refractivity contribution is 5.86. The fourth-order valence-corrected chi connectivity index (χ4v) is 1.21. The number of amides is 1. The highest BCUT2D eigenvalue weighted by Crippen LogP contribution is 2.14. The number of likely N-dealkylation sites (N-methyl/N-ethyl adjacent to an activating group) is 1. The first-order valence-electron chi connectivity index (χ1n) is 5.53. The van der Waals surface area contributed by atoms with E-state index < -0.39 is 11.5 Å². The average molecular weight is 251 g/mol. The summed E-state index contributed by atoms with van der Waals surface area (Å²) in [5.41, 5.74) is -1.25. The van der Waals surface area contributed by atoms with Crippen molar-refractivity contribution in [3.05, 3.63) is 30.3 Å². The number of para-hydroxylation sites is 1. The zero-order chi connectivity index (χ0) is 13.8. The first kappa shape index (κ1) is 14.0. The molecule has 0 aliphatic carbocycles. The van der Waals surface area contributed by atoms with Crippen LogP contribution in [0.2, 0.25) is 0 Å². The first-order chi connectivity index (χ1) is 8.35. The van der Waals surface area contributed by atoms with Crippen LogP contribution in [-0.2, 0) is 9.59 Å². The van der Waals surface area contributed by atoms with Gasteiger partial charge in [0.2, 0.25) is 0 Å². The zero-order valence-electron chi connectivity index (χ0n) is 10.7. The number of rotatable bonds is 5. The maximum Gasteiger partial charge on any atom is 0.329 e. The largest absolute Gasteiger partial charge is 0.484 e. The lowest BCUT2D eigenvalue weighted by Gasteiger charge is -2.31. The molecule has 0 aromatic heterocycles. The summed E-state index contributed by atoms with van der Waals surface area (Å²) >= 11 is 0. The van der Waals surface area contributed by atoms with E-state index in [1.807, 2.05) is 6.07 Å². The molecule has 1 N–H and O–H groups in total. The van der Waals surface area contributed by atoms with Gasteiger partial charge in [-0.3, -0.25) is 4.79 Å². The quantitative estimate of drug-likeness (QED) is 0.858. The number of aliphatic carboxylic acids is 1. The topological polar surface area (TPSA) is 66.8 Å². The van der Waals surface area contributed by atoms with Crippen molar-refractivity contribution in [2.24, 2.45) is 0 Å². The normalized spacial score (nSPS) is 10.8. The standard InChI is InChI=1S/C13H17NO4/c1-13(2,12(16)17)14(3)11(15)9-18-10-7-5-4-6-8-10/h4-8H,9H2,1-3H3,(H,16,17). The molecule has 0 aliphatic rings. The molecular weight excluding hydrogens is 234 g/mol. The van der Waals surface area contributed by atoms with E-state index in [0.717, 1.165) is 4.90 Å². The van der Waals surface area contributed by atoms with Crippen LogP contribution in [0.1, 0.15) is 13.8 Å². The molecule has 1 aromatic carbocycles. The van der Waals surface area contributed by atoms with E-state index in [-0.39, 0.29) is 12.5 Å². The fraction of sp³-hybridized carbons (Fsp3) is 0.385. The Balaban J connectivity index is 2.59. The van der Waals surface area contributed by atoms with Crippen molar-refractivity contribution in [1.29, 1.82) is 0 Å². The highest BCUT2D eigenvalue weighted by atomic mass is 16.5. The summed E-state index contributed by atoms with van der Waals surface area (Å²) in [7, 11) is 1.45. The van der Waals surface area contributed by atoms with Crippen molar-refractivity contribution in [2.75, 3.05) is 13.7 Å². The SMILES string of the molecule is CN(C(=O)COc1ccccc1)C(C)(C)C(=O)O. The Bertz CT molecular complexity index is 428. The molecule has 0 spiro atoms. The second-order valence-electron chi connectivity index (χ2n) is 4.42. The molecule has 1 amide bonds. The summed E-state index contributed by atoms with van der Waals surface area (Å²) in [4.78, 5) is 24.0. The lowest BCUT2D eigenvalue weighted by molar-refractivity contribution is -0.156. The molecule has 0 heterocycles. The summed E-state index contributed by atoms with van der Waals surface area (Å²) < 4.78 is 5.28. The highest BCUT2D eigenvalue weighted by Gasteiger charge is 2.35. The molecule has 5 heteroatoms. The van der Waals surface area contributed by atoms with Crippen molar-refractivity contribution in [2.45, 2.75) is 19.4 Å². The third-order valence-corrected chi connectivity index (χ3v) is 2.84. The predicted molar refractivity (Wildman–Crippen MR) is 66.4 cm³/mol. The Labute approximate surface area is 106 Å². The lowest BCUT2D eigenvalue weighted by atomic mass is 10.0. The number of carbonyl (C=O) groups excluding carboxylic acids is 1. The van der Waals surface area contributed by atoms with Crippen molar-refractivity contribution in [1.82, 2.24) is 4.90 Å². The van der Waals surface area contributed by atoms with Gasteiger partial charge < -0.3 is 14.7 Å². The van der Waals surface area contributed by atoms with Gasteiger partial charge in [-0.05, 0) is 26.0 Å². The number of hydrogen-bond donors (Lipinski definition) is 1. The Morgan fingerprint density at radius 2 is 1.83 bits per heavy atom. The third kappa shape index (κ3) is 3.23. The zero-order valence-corrected chi connectivity index (χ0v) is 10.7. The molecule has 0 saturated heterocycles. The van der Waals surface area contributed by atoms with Crippen molar-refractivity contribution >= 4 is 11.9 Å². The van der Waals surface area contributed by atoms with E-state index in [1.54, 1.807) is 24.3 Å². The van der Waals surface area contributed by atoms with Crippen LogP contribution in [-0.4, -0.2) is 41.1 Å². The summed E-state index contributed by atoms with van der Waals surface area (Å²) in [6, 6.07) is 8.90. The van der Waals surface area contributed by atoms with E-state index in [2.05, 4.69) is 0 Å². The minimum absolute atomic E-state index is 0.183. The molecule has 18 heavy (non-hydrogen) atoms. The van der Waals surface area contributed by atoms with Gasteiger partial charge in [0.25, 0.3) is 5.91 Å². The van der Waals surface area contributed by atoms with Crippen LogP contribution < -0.4 is 4.74 Å². The van der Waals surface area contributed by atoms with Crippen molar-refractivity contribution in [3.8, 4) is 5.75 Å². The molecule has 0 aliphatic heterocycles. The predicted octanol–water partition coefficient (Wildman–Crippen LogP) is 1.39. The number of carboxylic acid groups (broad SMARTS) is 1. The second kappa shape index (κ2) is 5.53. The molecule has 98 valence electrons. The number of carboxylic acids is 1. The molecule has 0 fully saturated rings. The van der Waals surface area contributed by atoms with Gasteiger partial charge in [-0.25, -0.2) is 4.79 Å². The second-order valence-corrected chi connectivity index (χ2v) is 4.42. The third-order valence-electron chi connectivity index (χ3n) is 2.84. The van der Waals surface area contributed by atoms with Gasteiger partial charge in [-0.15, -0.1) is 0 Å². The summed E-state index contributed by atoms with van der Waals surface area (Å²) in [6.45, 7) is 2.75. The number of benzene rings is 1. The van der Waals surface area contributed by atoms with Gasteiger partial charge in [0.1, 0.15) is 11.3 Å².